The van der Waals surface area contributed by atoms with E-state index in [0.717, 1.165) is 31.4 Å². The standard InChI is InChI=1S/C90H126N24O18S.CH4/c1-10-12-29-69-83(126)102-61(28-20-32-96-90(93)94)79(122)108-68(78(121)99-43-74(92)117)47-133-48-76(119)114-44-53-23-15-14-22-52(53)37-72(114)89(132)110(7)51(5)77(120)104-66(39-73(91)116)87(130)113-33-21-31-70(113)84(127)103-63(38-56-42-95-49-100-56)81(124)105-64(34-50(3)4)85(128)109(6)45-75(118)101-62(35-54-40-97-59-26-18-16-24-57(54)59)80(123)107-67(46-115)82(125)106-65(36-55-41-98-60-27-19-17-25-58(55)60)86(129)112(9)71(30-13-11-2)88(131)111(69)8;/h14-19,22-27,40-42,49-51,61-72,97-98,115H,10-13,20-21,28-39,43-48H2,1-9H3,(H2,91,116)(H2,92,117)(H,95,100)(H,99,121)(H,101,118)(H,102,126)(H,103,127)(H,104,120)(H,105,124)(H,106,125)(H,107,123)(H,108,122)(H4,93,94,96);1H4/t51-,61-,62-,63-,64-,65-,66-,67-,68-,69-,70-,71-,72-;/m0./s1. The Morgan fingerprint density at radius 1 is 0.552 bits per heavy atom. The Bertz CT molecular complexity index is 5180. The molecular weight excluding hydrogens is 1750 g/mol. The van der Waals surface area contributed by atoms with Crippen LogP contribution in [0.4, 0.5) is 0 Å². The molecule has 3 aromatic carbocycles. The molecule has 17 amide bonds. The predicted octanol–water partition coefficient (Wildman–Crippen LogP) is -1.28. The number of primary amides is 2. The number of aliphatic hydroxyl groups is 1. The summed E-state index contributed by atoms with van der Waals surface area (Å²) in [6, 6.07) is 1.67. The van der Waals surface area contributed by atoms with Gasteiger partial charge in [0.2, 0.25) is 100 Å². The van der Waals surface area contributed by atoms with Gasteiger partial charge in [0.1, 0.15) is 78.5 Å². The SMILES string of the molecule is C.CCCC[C@H]1C(=O)N(C)[C@@H](CCCC)C(=O)N[C@@H](CCCNC(=N)N)C(=O)N[C@H](C(=O)NCC(N)=O)CSCC(=O)N2Cc3ccccc3C[C@H]2C(=O)N(C)[C@@H](C)C(=O)N[C@@H](CC(N)=O)C(=O)N2CCC[C@H]2C(=O)N[C@@H](Cc2cnc[nH]2)C(=O)N[C@@H](CC(C)C)C(=O)N(C)CC(=O)N[C@@H](Cc2c[nH]c3ccccc23)C(=O)N[C@@H](CO)C(=O)N[C@@H](Cc2c[nH]c3ccccc23)C(=O)N1C. The first kappa shape index (κ1) is 106. The van der Waals surface area contributed by atoms with Crippen LogP contribution in [0.25, 0.3) is 21.8 Å². The van der Waals surface area contributed by atoms with Gasteiger partial charge in [0, 0.05) is 125 Å². The van der Waals surface area contributed by atoms with Crippen molar-refractivity contribution in [3.05, 3.63) is 126 Å². The number of aliphatic hydroxyl groups excluding tert-OH is 1. The van der Waals surface area contributed by atoms with Crippen LogP contribution in [0.15, 0.2) is 97.7 Å². The van der Waals surface area contributed by atoms with Crippen LogP contribution in [0.1, 0.15) is 147 Å². The van der Waals surface area contributed by atoms with Gasteiger partial charge in [-0.05, 0) is 92.2 Å². The summed E-state index contributed by atoms with van der Waals surface area (Å²) in [5.74, 6) is -16.7. The summed E-state index contributed by atoms with van der Waals surface area (Å²) >= 11 is 0.845. The van der Waals surface area contributed by atoms with Crippen molar-refractivity contribution in [2.24, 2.45) is 23.1 Å². The smallest absolute Gasteiger partial charge is 0.246 e. The maximum atomic E-state index is 15.7. The molecule has 3 aliphatic heterocycles. The molecule has 9 rings (SSSR count). The van der Waals surface area contributed by atoms with Gasteiger partial charge in [0.15, 0.2) is 5.96 Å². The number of para-hydroxylation sites is 2. The number of unbranched alkanes of at least 4 members (excludes halogenated alkanes) is 2. The molecule has 3 aromatic heterocycles. The average molecular weight is 1880 g/mol. The number of thioether (sulfide) groups is 1. The van der Waals surface area contributed by atoms with Crippen LogP contribution in [0.3, 0.4) is 0 Å². The number of amides is 17. The lowest BCUT2D eigenvalue weighted by molar-refractivity contribution is -0.149. The number of carbonyl (C=O) groups is 17. The molecule has 0 radical (unpaired) electrons. The Kier molecular flexibility index (Phi) is 39.8. The fourth-order valence-corrected chi connectivity index (χ4v) is 17.5. The molecule has 13 atom stereocenters. The van der Waals surface area contributed by atoms with Crippen molar-refractivity contribution in [2.45, 2.75) is 230 Å². The normalized spacial score (nSPS) is 23.6. The largest absolute Gasteiger partial charge is 0.394 e. The zero-order chi connectivity index (χ0) is 97.0. The summed E-state index contributed by atoms with van der Waals surface area (Å²) in [5.41, 5.74) is 20.9. The topological polar surface area (TPSA) is 612 Å². The first-order valence-corrected chi connectivity index (χ1v) is 45.9. The van der Waals surface area contributed by atoms with E-state index < -0.39 is 223 Å². The molecule has 6 heterocycles. The third kappa shape index (κ3) is 28.8. The van der Waals surface area contributed by atoms with E-state index in [-0.39, 0.29) is 104 Å². The molecule has 728 valence electrons. The lowest BCUT2D eigenvalue weighted by atomic mass is 9.93. The lowest BCUT2D eigenvalue weighted by Crippen LogP contribution is -2.61. The van der Waals surface area contributed by atoms with Crippen molar-refractivity contribution < 1.29 is 86.6 Å². The number of nitrogens with two attached hydrogens (primary N) is 3. The second-order valence-corrected chi connectivity index (χ2v) is 35.4. The zero-order valence-corrected chi connectivity index (χ0v) is 77.3. The van der Waals surface area contributed by atoms with Crippen LogP contribution in [0.2, 0.25) is 0 Å². The number of nitrogens with one attached hydrogen (secondary N) is 14. The van der Waals surface area contributed by atoms with Gasteiger partial charge in [-0.1, -0.05) is 121 Å². The highest BCUT2D eigenvalue weighted by molar-refractivity contribution is 8.00. The first-order chi connectivity index (χ1) is 63.4. The van der Waals surface area contributed by atoms with Gasteiger partial charge in [0.05, 0.1) is 38.2 Å². The van der Waals surface area contributed by atoms with Crippen molar-refractivity contribution in [2.75, 3.05) is 72.5 Å². The molecule has 43 heteroatoms. The van der Waals surface area contributed by atoms with Crippen LogP contribution < -0.4 is 70.4 Å². The van der Waals surface area contributed by atoms with Gasteiger partial charge in [-0.25, -0.2) is 4.98 Å². The number of hydrogen-bond acceptors (Lipinski definition) is 21. The monoisotopic (exact) mass is 1880 g/mol. The van der Waals surface area contributed by atoms with Crippen LogP contribution in [0, 0.1) is 11.3 Å². The Morgan fingerprint density at radius 3 is 1.72 bits per heavy atom. The number of guanidine groups is 1. The minimum atomic E-state index is -1.85. The van der Waals surface area contributed by atoms with E-state index >= 15 is 33.6 Å². The molecule has 0 bridgehead atoms. The van der Waals surface area contributed by atoms with E-state index in [1.165, 1.54) is 57.4 Å². The van der Waals surface area contributed by atoms with E-state index in [1.807, 2.05) is 13.8 Å². The van der Waals surface area contributed by atoms with Crippen molar-refractivity contribution in [3.63, 3.8) is 0 Å². The highest BCUT2D eigenvalue weighted by atomic mass is 32.2. The number of nitrogens with zero attached hydrogens (tertiary/aromatic N) is 7. The summed E-state index contributed by atoms with van der Waals surface area (Å²) in [7, 11) is 5.30. The van der Waals surface area contributed by atoms with Gasteiger partial charge in [0.25, 0.3) is 0 Å². The molecule has 42 nitrogen and oxygen atoms in total. The third-order valence-corrected chi connectivity index (χ3v) is 25.1. The number of likely N-dealkylation sites (N-methyl/N-ethyl adjacent to an activating group) is 4. The number of fused-ring (bicyclic) bond motifs is 5. The first-order valence-electron chi connectivity index (χ1n) is 44.7. The number of hydrogen-bond donors (Lipinski definition) is 18. The number of aromatic amines is 3. The minimum absolute atomic E-state index is 0. The molecule has 0 unspecified atom stereocenters. The maximum absolute atomic E-state index is 15.7. The van der Waals surface area contributed by atoms with Gasteiger partial charge in [-0.15, -0.1) is 11.8 Å². The molecule has 3 aliphatic rings. The van der Waals surface area contributed by atoms with E-state index in [4.69, 9.17) is 22.6 Å². The molecular formula is C91H130N24O18S. The Balaban J connectivity index is 0.0000221. The molecule has 0 spiro atoms. The van der Waals surface area contributed by atoms with Gasteiger partial charge in [-0.2, -0.15) is 0 Å². The van der Waals surface area contributed by atoms with Crippen molar-refractivity contribution in [3.8, 4) is 0 Å². The van der Waals surface area contributed by atoms with E-state index in [0.29, 0.717) is 75.4 Å². The summed E-state index contributed by atoms with van der Waals surface area (Å²) in [6.07, 6.45) is 6.16. The van der Waals surface area contributed by atoms with Crippen molar-refractivity contribution in [1.29, 1.82) is 5.41 Å². The molecule has 6 aromatic rings. The van der Waals surface area contributed by atoms with Gasteiger partial charge < -0.3 is 120 Å². The molecule has 2 fully saturated rings. The number of aromatic nitrogens is 4. The van der Waals surface area contributed by atoms with Gasteiger partial charge in [-0.3, -0.25) is 86.9 Å². The second kappa shape index (κ2) is 50.4. The number of H-pyrrole nitrogens is 3. The number of rotatable bonds is 24. The predicted molar refractivity (Wildman–Crippen MR) is 499 cm³/mol. The summed E-state index contributed by atoms with van der Waals surface area (Å²) in [4.78, 5) is 270. The molecule has 0 aliphatic carbocycles. The summed E-state index contributed by atoms with van der Waals surface area (Å²) in [6.45, 7) is 5.86. The van der Waals surface area contributed by atoms with Crippen LogP contribution in [-0.2, 0) is 114 Å². The number of imidazole rings is 1. The number of benzene rings is 3. The molecule has 2 saturated heterocycles. The summed E-state index contributed by atoms with van der Waals surface area (Å²) < 4.78 is 0. The van der Waals surface area contributed by atoms with Gasteiger partial charge >= 0.3 is 0 Å². The lowest BCUT2D eigenvalue weighted by Gasteiger charge is -2.39. The highest BCUT2D eigenvalue weighted by Gasteiger charge is 2.45. The Hall–Kier alpha value is -13.5. The molecule has 21 N–H and O–H groups in total. The quantitative estimate of drug-likeness (QED) is 0.0191. The van der Waals surface area contributed by atoms with Crippen LogP contribution in [-0.4, -0.2) is 312 Å². The highest BCUT2D eigenvalue weighted by Crippen LogP contribution is 2.29. The average Bonchev–Trinajstić information content (AvgIpc) is 1.10. The minimum Gasteiger partial charge on any atom is -0.394 e. The Labute approximate surface area is 781 Å². The second-order valence-electron chi connectivity index (χ2n) is 34.4. The maximum Gasteiger partial charge on any atom is 0.246 e. The zero-order valence-electron chi connectivity index (χ0n) is 76.4. The number of carbonyl (C=O) groups excluding carboxylic acids is 17. The molecule has 134 heavy (non-hydrogen) atoms. The van der Waals surface area contributed by atoms with E-state index in [1.54, 1.807) is 99.0 Å². The molecule has 0 saturated carbocycles. The summed E-state index contributed by atoms with van der Waals surface area (Å²) in [5, 5.41) is 46.9. The fourth-order valence-electron chi connectivity index (χ4n) is 16.6. The van der Waals surface area contributed by atoms with Crippen LogP contribution >= 0.6 is 11.8 Å². The third-order valence-electron chi connectivity index (χ3n) is 24.1. The fraction of sp³-hybridized carbons (Fsp3) is 0.527. The van der Waals surface area contributed by atoms with E-state index in [2.05, 4.69) is 73.1 Å². The van der Waals surface area contributed by atoms with Crippen LogP contribution in [0.5, 0.6) is 0 Å². The van der Waals surface area contributed by atoms with Crippen molar-refractivity contribution in [1.82, 2.24) is 103 Å². The van der Waals surface area contributed by atoms with E-state index in [9.17, 15) is 53.1 Å². The van der Waals surface area contributed by atoms with Crippen molar-refractivity contribution >= 4 is 140 Å². The Morgan fingerprint density at radius 2 is 1.11 bits per heavy atom.